The second-order valence-corrected chi connectivity index (χ2v) is 6.44. The van der Waals surface area contributed by atoms with Crippen LogP contribution in [-0.4, -0.2) is 9.97 Å². The Hall–Kier alpha value is -1.62. The Balaban J connectivity index is 1.97. The van der Waals surface area contributed by atoms with Crippen molar-refractivity contribution in [1.29, 1.82) is 0 Å². The van der Waals surface area contributed by atoms with Gasteiger partial charge in [-0.05, 0) is 56.9 Å². The second kappa shape index (κ2) is 5.30. The summed E-state index contributed by atoms with van der Waals surface area (Å²) in [6, 6.07) is 3.98. The zero-order valence-electron chi connectivity index (χ0n) is 12.4. The maximum absolute atomic E-state index is 5.99. The summed E-state index contributed by atoms with van der Waals surface area (Å²) in [5.74, 6) is 3.09. The topological polar surface area (TPSA) is 61.0 Å². The van der Waals surface area contributed by atoms with Gasteiger partial charge in [-0.25, -0.2) is 4.98 Å². The van der Waals surface area contributed by atoms with Crippen molar-refractivity contribution in [3.05, 3.63) is 39.1 Å². The van der Waals surface area contributed by atoms with E-state index >= 15 is 0 Å². The third-order valence-electron chi connectivity index (χ3n) is 3.72. The first-order valence-electron chi connectivity index (χ1n) is 7.04. The minimum absolute atomic E-state index is 0.448. The third-order valence-corrected chi connectivity index (χ3v) is 4.97. The number of halogens is 1. The smallest absolute Gasteiger partial charge is 0.227 e. The van der Waals surface area contributed by atoms with Crippen LogP contribution in [0.15, 0.2) is 16.6 Å². The van der Waals surface area contributed by atoms with Gasteiger partial charge in [-0.15, -0.1) is 0 Å². The highest BCUT2D eigenvalue weighted by Gasteiger charge is 2.28. The molecule has 0 radical (unpaired) electrons. The molecule has 1 heterocycles. The number of hydrogen-bond acceptors (Lipinski definition) is 4. The van der Waals surface area contributed by atoms with Crippen molar-refractivity contribution in [2.75, 3.05) is 5.73 Å². The van der Waals surface area contributed by atoms with Gasteiger partial charge in [-0.3, -0.25) is 0 Å². The molecule has 1 aliphatic carbocycles. The summed E-state index contributed by atoms with van der Waals surface area (Å²) in [4.78, 5) is 8.91. The minimum atomic E-state index is 0.448. The number of rotatable bonds is 3. The van der Waals surface area contributed by atoms with E-state index in [1.165, 1.54) is 0 Å². The van der Waals surface area contributed by atoms with Crippen molar-refractivity contribution < 1.29 is 4.74 Å². The van der Waals surface area contributed by atoms with Gasteiger partial charge in [-0.1, -0.05) is 15.9 Å². The molecule has 1 fully saturated rings. The fourth-order valence-corrected chi connectivity index (χ4v) is 2.46. The molecule has 0 unspecified atom stereocenters. The van der Waals surface area contributed by atoms with Gasteiger partial charge in [-0.2, -0.15) is 4.98 Å². The zero-order chi connectivity index (χ0) is 15.1. The lowest BCUT2D eigenvalue weighted by atomic mass is 10.1. The Morgan fingerprint density at radius 2 is 1.76 bits per heavy atom. The van der Waals surface area contributed by atoms with E-state index in [2.05, 4.69) is 25.9 Å². The SMILES string of the molecule is Cc1cc(Oc2nc(C3CC3)nc(N)c2C)cc(C)c1Br. The monoisotopic (exact) mass is 347 g/mol. The summed E-state index contributed by atoms with van der Waals surface area (Å²) in [7, 11) is 0. The van der Waals surface area contributed by atoms with Crippen molar-refractivity contribution in [1.82, 2.24) is 9.97 Å². The van der Waals surface area contributed by atoms with Gasteiger partial charge >= 0.3 is 0 Å². The van der Waals surface area contributed by atoms with Crippen LogP contribution in [0.5, 0.6) is 11.6 Å². The van der Waals surface area contributed by atoms with Crippen LogP contribution in [0, 0.1) is 20.8 Å². The van der Waals surface area contributed by atoms with E-state index in [1.807, 2.05) is 32.9 Å². The van der Waals surface area contributed by atoms with Crippen molar-refractivity contribution in [3.8, 4) is 11.6 Å². The lowest BCUT2D eigenvalue weighted by Gasteiger charge is -2.13. The number of aromatic nitrogens is 2. The predicted molar refractivity (Wildman–Crippen MR) is 86.8 cm³/mol. The van der Waals surface area contributed by atoms with Gasteiger partial charge in [0, 0.05) is 10.4 Å². The normalized spacial score (nSPS) is 14.3. The molecule has 1 aliphatic rings. The van der Waals surface area contributed by atoms with Gasteiger partial charge in [0.1, 0.15) is 17.4 Å². The van der Waals surface area contributed by atoms with Crippen LogP contribution in [0.2, 0.25) is 0 Å². The van der Waals surface area contributed by atoms with Crippen LogP contribution in [-0.2, 0) is 0 Å². The molecule has 5 heteroatoms. The molecular weight excluding hydrogens is 330 g/mol. The summed E-state index contributed by atoms with van der Waals surface area (Å²) >= 11 is 3.56. The second-order valence-electron chi connectivity index (χ2n) is 5.64. The van der Waals surface area contributed by atoms with Crippen molar-refractivity contribution in [2.24, 2.45) is 0 Å². The van der Waals surface area contributed by atoms with Crippen LogP contribution in [0.4, 0.5) is 5.82 Å². The van der Waals surface area contributed by atoms with Crippen LogP contribution < -0.4 is 10.5 Å². The molecule has 4 nitrogen and oxygen atoms in total. The molecule has 1 saturated carbocycles. The van der Waals surface area contributed by atoms with Crippen molar-refractivity contribution in [3.63, 3.8) is 0 Å². The van der Waals surface area contributed by atoms with E-state index in [-0.39, 0.29) is 0 Å². The van der Waals surface area contributed by atoms with Gasteiger partial charge in [0.25, 0.3) is 0 Å². The highest BCUT2D eigenvalue weighted by Crippen LogP contribution is 2.40. The number of nitrogen functional groups attached to an aromatic ring is 1. The quantitative estimate of drug-likeness (QED) is 0.892. The fourth-order valence-electron chi connectivity index (χ4n) is 2.23. The summed E-state index contributed by atoms with van der Waals surface area (Å²) in [5, 5.41) is 0. The van der Waals surface area contributed by atoms with Gasteiger partial charge in [0.15, 0.2) is 0 Å². The lowest BCUT2D eigenvalue weighted by Crippen LogP contribution is -2.04. The summed E-state index contributed by atoms with van der Waals surface area (Å²) in [5.41, 5.74) is 9.04. The maximum atomic E-state index is 5.99. The third kappa shape index (κ3) is 2.88. The number of nitrogens with zero attached hydrogens (tertiary/aromatic N) is 2. The highest BCUT2D eigenvalue weighted by atomic mass is 79.9. The molecule has 0 amide bonds. The number of ether oxygens (including phenoxy) is 1. The zero-order valence-corrected chi connectivity index (χ0v) is 14.0. The molecule has 1 aromatic heterocycles. The fraction of sp³-hybridized carbons (Fsp3) is 0.375. The van der Waals surface area contributed by atoms with E-state index in [0.29, 0.717) is 17.6 Å². The molecule has 0 aliphatic heterocycles. The molecule has 0 spiro atoms. The van der Waals surface area contributed by atoms with Crippen LogP contribution in [0.3, 0.4) is 0 Å². The molecular formula is C16H18BrN3O. The van der Waals surface area contributed by atoms with Crippen molar-refractivity contribution in [2.45, 2.75) is 39.5 Å². The Labute approximate surface area is 132 Å². The van der Waals surface area contributed by atoms with Crippen LogP contribution in [0.25, 0.3) is 0 Å². The number of aryl methyl sites for hydroxylation is 2. The van der Waals surface area contributed by atoms with Crippen molar-refractivity contribution >= 4 is 21.7 Å². The molecule has 0 saturated heterocycles. The molecule has 0 bridgehead atoms. The number of nitrogens with two attached hydrogens (primary N) is 1. The summed E-state index contributed by atoms with van der Waals surface area (Å²) < 4.78 is 7.08. The molecule has 3 rings (SSSR count). The van der Waals surface area contributed by atoms with Gasteiger partial charge in [0.2, 0.25) is 5.88 Å². The Bertz CT molecular complexity index is 688. The van der Waals surface area contributed by atoms with Crippen LogP contribution >= 0.6 is 15.9 Å². The van der Waals surface area contributed by atoms with Gasteiger partial charge < -0.3 is 10.5 Å². The number of hydrogen-bond donors (Lipinski definition) is 1. The van der Waals surface area contributed by atoms with Crippen LogP contribution in [0.1, 0.15) is 41.3 Å². The minimum Gasteiger partial charge on any atom is -0.439 e. The molecule has 0 atom stereocenters. The summed E-state index contributed by atoms with van der Waals surface area (Å²) in [6.45, 7) is 5.97. The van der Waals surface area contributed by atoms with E-state index < -0.39 is 0 Å². The number of anilines is 1. The average molecular weight is 348 g/mol. The van der Waals surface area contributed by atoms with E-state index in [1.54, 1.807) is 0 Å². The standard InChI is InChI=1S/C16H18BrN3O/c1-8-6-12(7-9(2)13(8)17)21-16-10(3)14(18)19-15(20-16)11-4-5-11/h6-7,11H,4-5H2,1-3H3,(H2,18,19,20). The van der Waals surface area contributed by atoms with E-state index in [9.17, 15) is 0 Å². The van der Waals surface area contributed by atoms with E-state index in [0.717, 1.165) is 45.6 Å². The summed E-state index contributed by atoms with van der Waals surface area (Å²) in [6.07, 6.45) is 2.27. The molecule has 1 aromatic carbocycles. The van der Waals surface area contributed by atoms with Gasteiger partial charge in [0.05, 0.1) is 5.56 Å². The lowest BCUT2D eigenvalue weighted by molar-refractivity contribution is 0.454. The number of benzene rings is 1. The molecule has 2 N–H and O–H groups in total. The average Bonchev–Trinajstić information content (AvgIpc) is 3.25. The first kappa shape index (κ1) is 14.3. The van der Waals surface area contributed by atoms with E-state index in [4.69, 9.17) is 10.5 Å². The first-order valence-corrected chi connectivity index (χ1v) is 7.83. The molecule has 2 aromatic rings. The first-order chi connectivity index (χ1) is 9.95. The highest BCUT2D eigenvalue weighted by molar-refractivity contribution is 9.10. The Morgan fingerprint density at radius 1 is 1.14 bits per heavy atom. The largest absolute Gasteiger partial charge is 0.439 e. The maximum Gasteiger partial charge on any atom is 0.227 e. The predicted octanol–water partition coefficient (Wildman–Crippen LogP) is 4.42. The Kier molecular flexibility index (Phi) is 3.61. The Morgan fingerprint density at radius 3 is 2.33 bits per heavy atom. The molecule has 110 valence electrons. The molecule has 21 heavy (non-hydrogen) atoms.